The van der Waals surface area contributed by atoms with E-state index >= 15 is 0 Å². The Bertz CT molecular complexity index is 629. The van der Waals surface area contributed by atoms with E-state index in [1.165, 1.54) is 11.3 Å². The summed E-state index contributed by atoms with van der Waals surface area (Å²) in [6.45, 7) is 4.18. The minimum absolute atomic E-state index is 0.00859. The van der Waals surface area contributed by atoms with E-state index in [9.17, 15) is 4.79 Å². The Labute approximate surface area is 123 Å². The van der Waals surface area contributed by atoms with Gasteiger partial charge in [0.05, 0.1) is 0 Å². The lowest BCUT2D eigenvalue weighted by Crippen LogP contribution is -2.49. The first-order valence-electron chi connectivity index (χ1n) is 7.41. The highest BCUT2D eigenvalue weighted by atomic mass is 16.7. The Morgan fingerprint density at radius 2 is 2.00 bits per heavy atom. The lowest BCUT2D eigenvalue weighted by molar-refractivity contribution is -0.142. The normalized spacial score (nSPS) is 22.5. The van der Waals surface area contributed by atoms with Crippen LogP contribution in [0.15, 0.2) is 24.3 Å². The Balaban J connectivity index is 1.68. The molecule has 0 bridgehead atoms. The summed E-state index contributed by atoms with van der Waals surface area (Å²) in [7, 11) is 0. The van der Waals surface area contributed by atoms with E-state index in [1.54, 1.807) is 0 Å². The highest BCUT2D eigenvalue weighted by Gasteiger charge is 2.29. The van der Waals surface area contributed by atoms with Crippen molar-refractivity contribution in [3.63, 3.8) is 0 Å². The second-order valence-electron chi connectivity index (χ2n) is 5.65. The second kappa shape index (κ2) is 5.71. The molecule has 112 valence electrons. The molecule has 21 heavy (non-hydrogen) atoms. The number of rotatable bonds is 3. The third-order valence-corrected chi connectivity index (χ3v) is 4.11. The zero-order chi connectivity index (χ0) is 14.8. The molecule has 2 atom stereocenters. The third kappa shape index (κ3) is 2.70. The second-order valence-corrected chi connectivity index (χ2v) is 5.65. The number of aromatic nitrogens is 3. The van der Waals surface area contributed by atoms with Crippen molar-refractivity contribution in [1.82, 2.24) is 20.1 Å². The number of benzene rings is 1. The van der Waals surface area contributed by atoms with Crippen LogP contribution >= 0.6 is 0 Å². The van der Waals surface area contributed by atoms with Gasteiger partial charge < -0.3 is 9.74 Å². The molecular weight excluding hydrogens is 268 g/mol. The first-order valence-corrected chi connectivity index (χ1v) is 7.41. The fourth-order valence-corrected chi connectivity index (χ4v) is 3.05. The summed E-state index contributed by atoms with van der Waals surface area (Å²) in [5.41, 5.74) is 1.52. The molecule has 0 N–H and O–H groups in total. The summed E-state index contributed by atoms with van der Waals surface area (Å²) in [6.07, 6.45) is 3.30. The lowest BCUT2D eigenvalue weighted by Gasteiger charge is -2.38. The van der Waals surface area contributed by atoms with Gasteiger partial charge in [-0.2, -0.15) is 0 Å². The van der Waals surface area contributed by atoms with Gasteiger partial charge in [0.1, 0.15) is 11.0 Å². The van der Waals surface area contributed by atoms with Crippen LogP contribution in [0, 0.1) is 0 Å². The highest BCUT2D eigenvalue weighted by Crippen LogP contribution is 2.22. The van der Waals surface area contributed by atoms with E-state index in [4.69, 9.17) is 4.84 Å². The molecule has 0 spiro atoms. The molecular formula is C15H20N4O2. The molecule has 1 aromatic carbocycles. The molecule has 0 unspecified atom stereocenters. The van der Waals surface area contributed by atoms with Gasteiger partial charge in [-0.15, -0.1) is 5.10 Å². The predicted molar refractivity (Wildman–Crippen MR) is 78.6 cm³/mol. The van der Waals surface area contributed by atoms with E-state index in [1.807, 2.05) is 29.2 Å². The molecule has 6 nitrogen and oxygen atoms in total. The van der Waals surface area contributed by atoms with Gasteiger partial charge in [0.25, 0.3) is 5.91 Å². The molecule has 1 aliphatic heterocycles. The van der Waals surface area contributed by atoms with Crippen LogP contribution in [0.3, 0.4) is 0 Å². The highest BCUT2D eigenvalue weighted by molar-refractivity contribution is 5.78. The number of amides is 1. The number of para-hydroxylation sites is 1. The third-order valence-electron chi connectivity index (χ3n) is 4.11. The van der Waals surface area contributed by atoms with Crippen molar-refractivity contribution >= 4 is 16.9 Å². The maximum atomic E-state index is 12.4. The standard InChI is InChI=1S/C15H20N4O2/c1-11-6-5-7-12(2)18(11)15(20)10-21-19-14-9-4-3-8-13(14)16-17-19/h3-4,8-9,11-12H,5-7,10H2,1-2H3/t11-,12+. The van der Waals surface area contributed by atoms with E-state index in [0.717, 1.165) is 23.9 Å². The molecule has 1 amide bonds. The molecule has 2 aromatic rings. The quantitative estimate of drug-likeness (QED) is 0.861. The van der Waals surface area contributed by atoms with Crippen LogP contribution in [0.5, 0.6) is 0 Å². The Hall–Kier alpha value is -2.11. The minimum atomic E-state index is -0.0119. The lowest BCUT2D eigenvalue weighted by atomic mass is 9.97. The van der Waals surface area contributed by atoms with Crippen LogP contribution in [0.25, 0.3) is 11.0 Å². The zero-order valence-corrected chi connectivity index (χ0v) is 12.4. The fraction of sp³-hybridized carbons (Fsp3) is 0.533. The monoisotopic (exact) mass is 288 g/mol. The number of carbonyl (C=O) groups is 1. The molecule has 6 heteroatoms. The van der Waals surface area contributed by atoms with Crippen molar-refractivity contribution in [2.45, 2.75) is 45.2 Å². The molecule has 2 heterocycles. The predicted octanol–water partition coefficient (Wildman–Crippen LogP) is 1.65. The average molecular weight is 288 g/mol. The molecule has 1 saturated heterocycles. The average Bonchev–Trinajstić information content (AvgIpc) is 2.88. The maximum absolute atomic E-state index is 12.4. The Kier molecular flexibility index (Phi) is 3.77. The van der Waals surface area contributed by atoms with E-state index in [2.05, 4.69) is 24.2 Å². The minimum Gasteiger partial charge on any atom is -0.385 e. The number of carbonyl (C=O) groups excluding carboxylic acids is 1. The van der Waals surface area contributed by atoms with Gasteiger partial charge in [-0.1, -0.05) is 17.0 Å². The molecule has 1 aromatic heterocycles. The molecule has 0 aliphatic carbocycles. The molecule has 1 fully saturated rings. The summed E-state index contributed by atoms with van der Waals surface area (Å²) in [6, 6.07) is 8.06. The van der Waals surface area contributed by atoms with Crippen molar-refractivity contribution in [3.8, 4) is 0 Å². The van der Waals surface area contributed by atoms with Gasteiger partial charge in [0.15, 0.2) is 6.61 Å². The first kappa shape index (κ1) is 13.9. The Morgan fingerprint density at radius 3 is 2.76 bits per heavy atom. The number of hydrogen-bond donors (Lipinski definition) is 0. The van der Waals surface area contributed by atoms with Crippen LogP contribution in [-0.4, -0.2) is 44.7 Å². The van der Waals surface area contributed by atoms with Gasteiger partial charge in [-0.05, 0) is 50.5 Å². The topological polar surface area (TPSA) is 60.2 Å². The van der Waals surface area contributed by atoms with E-state index in [0.29, 0.717) is 0 Å². The largest absolute Gasteiger partial charge is 0.385 e. The van der Waals surface area contributed by atoms with Crippen LogP contribution in [-0.2, 0) is 4.79 Å². The first-order chi connectivity index (χ1) is 10.2. The summed E-state index contributed by atoms with van der Waals surface area (Å²) in [5, 5.41) is 7.93. The maximum Gasteiger partial charge on any atom is 0.263 e. The molecule has 0 radical (unpaired) electrons. The van der Waals surface area contributed by atoms with Crippen LogP contribution in [0.1, 0.15) is 33.1 Å². The zero-order valence-electron chi connectivity index (χ0n) is 12.4. The van der Waals surface area contributed by atoms with Crippen molar-refractivity contribution < 1.29 is 9.63 Å². The van der Waals surface area contributed by atoms with Gasteiger partial charge in [0, 0.05) is 12.1 Å². The smallest absolute Gasteiger partial charge is 0.263 e. The SMILES string of the molecule is C[C@@H]1CCC[C@H](C)N1C(=O)COn1nnc2ccccc21. The number of piperidine rings is 1. The van der Waals surface area contributed by atoms with Crippen molar-refractivity contribution in [3.05, 3.63) is 24.3 Å². The molecule has 3 rings (SSSR count). The molecule has 0 saturated carbocycles. The Morgan fingerprint density at radius 1 is 1.29 bits per heavy atom. The van der Waals surface area contributed by atoms with Crippen LogP contribution < -0.4 is 4.84 Å². The van der Waals surface area contributed by atoms with Crippen LogP contribution in [0.2, 0.25) is 0 Å². The van der Waals surface area contributed by atoms with Gasteiger partial charge in [0.2, 0.25) is 0 Å². The number of fused-ring (bicyclic) bond motifs is 1. The number of likely N-dealkylation sites (tertiary alicyclic amines) is 1. The van der Waals surface area contributed by atoms with Crippen molar-refractivity contribution in [2.75, 3.05) is 6.61 Å². The van der Waals surface area contributed by atoms with Crippen LogP contribution in [0.4, 0.5) is 0 Å². The molecule has 1 aliphatic rings. The van der Waals surface area contributed by atoms with Gasteiger partial charge in [-0.3, -0.25) is 4.79 Å². The van der Waals surface area contributed by atoms with Crippen molar-refractivity contribution in [2.24, 2.45) is 0 Å². The summed E-state index contributed by atoms with van der Waals surface area (Å²) < 4.78 is 0. The number of nitrogens with zero attached hydrogens (tertiary/aromatic N) is 4. The summed E-state index contributed by atoms with van der Waals surface area (Å²) >= 11 is 0. The van der Waals surface area contributed by atoms with Gasteiger partial charge >= 0.3 is 0 Å². The fourth-order valence-electron chi connectivity index (χ4n) is 3.05. The van der Waals surface area contributed by atoms with Crippen molar-refractivity contribution in [1.29, 1.82) is 0 Å². The number of hydrogen-bond acceptors (Lipinski definition) is 4. The van der Waals surface area contributed by atoms with E-state index < -0.39 is 0 Å². The van der Waals surface area contributed by atoms with Gasteiger partial charge in [-0.25, -0.2) is 0 Å². The summed E-state index contributed by atoms with van der Waals surface area (Å²) in [4.78, 5) is 21.2. The summed E-state index contributed by atoms with van der Waals surface area (Å²) in [5.74, 6) is 0.00859. The van der Waals surface area contributed by atoms with E-state index in [-0.39, 0.29) is 24.6 Å².